The highest BCUT2D eigenvalue weighted by atomic mass is 15.1. The number of benzene rings is 1. The van der Waals surface area contributed by atoms with Crippen LogP contribution in [0.5, 0.6) is 0 Å². The van der Waals surface area contributed by atoms with E-state index in [-0.39, 0.29) is 0 Å². The maximum absolute atomic E-state index is 4.79. The lowest BCUT2D eigenvalue weighted by Gasteiger charge is -2.26. The normalized spacial score (nSPS) is 14.5. The second kappa shape index (κ2) is 4.21. The highest BCUT2D eigenvalue weighted by molar-refractivity contribution is 5.63. The molecule has 0 fully saturated rings. The molecule has 0 amide bonds. The van der Waals surface area contributed by atoms with Gasteiger partial charge in [0, 0.05) is 19.2 Å². The molecule has 2 aromatic rings. The van der Waals surface area contributed by atoms with E-state index in [0.29, 0.717) is 0 Å². The Balaban J connectivity index is 2.04. The van der Waals surface area contributed by atoms with Crippen molar-refractivity contribution in [2.45, 2.75) is 12.8 Å². The summed E-state index contributed by atoms with van der Waals surface area (Å²) in [6.45, 7) is 1.14. The van der Waals surface area contributed by atoms with Crippen LogP contribution in [0.25, 0.3) is 11.3 Å². The van der Waals surface area contributed by atoms with Crippen LogP contribution in [0.15, 0.2) is 42.5 Å². The highest BCUT2D eigenvalue weighted by Crippen LogP contribution is 2.27. The molecule has 0 spiro atoms. The molecule has 1 aliphatic heterocycles. The van der Waals surface area contributed by atoms with Crippen molar-refractivity contribution < 1.29 is 0 Å². The Morgan fingerprint density at radius 1 is 1.06 bits per heavy atom. The Kier molecular flexibility index (Phi) is 2.56. The van der Waals surface area contributed by atoms with E-state index in [1.807, 2.05) is 6.07 Å². The molecule has 1 aromatic heterocycles. The highest BCUT2D eigenvalue weighted by Gasteiger charge is 2.15. The summed E-state index contributed by atoms with van der Waals surface area (Å²) in [6.07, 6.45) is 2.30. The Bertz CT molecular complexity index is 520. The number of aryl methyl sites for hydroxylation is 1. The van der Waals surface area contributed by atoms with Crippen LogP contribution < -0.4 is 4.90 Å². The fourth-order valence-corrected chi connectivity index (χ4v) is 2.40. The largest absolute Gasteiger partial charge is 0.373 e. The molecule has 0 unspecified atom stereocenters. The Morgan fingerprint density at radius 2 is 1.88 bits per heavy atom. The molecule has 0 N–H and O–H groups in total. The van der Waals surface area contributed by atoms with Crippen molar-refractivity contribution in [3.63, 3.8) is 0 Å². The van der Waals surface area contributed by atoms with Crippen molar-refractivity contribution in [3.8, 4) is 11.3 Å². The molecule has 2 nitrogen and oxygen atoms in total. The zero-order valence-corrected chi connectivity index (χ0v) is 10.1. The summed E-state index contributed by atoms with van der Waals surface area (Å²) in [7, 11) is 2.14. The minimum absolute atomic E-state index is 1.08. The van der Waals surface area contributed by atoms with E-state index >= 15 is 0 Å². The molecule has 1 aliphatic rings. The van der Waals surface area contributed by atoms with Crippen molar-refractivity contribution in [2.24, 2.45) is 0 Å². The second-order valence-electron chi connectivity index (χ2n) is 4.55. The average Bonchev–Trinajstić information content (AvgIpc) is 2.40. The van der Waals surface area contributed by atoms with Crippen molar-refractivity contribution in [1.82, 2.24) is 4.98 Å². The number of aromatic nitrogens is 1. The van der Waals surface area contributed by atoms with Gasteiger partial charge in [0.1, 0.15) is 0 Å². The second-order valence-corrected chi connectivity index (χ2v) is 4.55. The third-order valence-corrected chi connectivity index (χ3v) is 3.34. The number of hydrogen-bond acceptors (Lipinski definition) is 2. The maximum atomic E-state index is 4.79. The molecule has 0 bridgehead atoms. The van der Waals surface area contributed by atoms with Gasteiger partial charge >= 0.3 is 0 Å². The topological polar surface area (TPSA) is 16.1 Å². The molecular weight excluding hydrogens is 208 g/mol. The first-order chi connectivity index (χ1) is 8.34. The van der Waals surface area contributed by atoms with Crippen LogP contribution in [0, 0.1) is 0 Å². The smallest absolute Gasteiger partial charge is 0.0706 e. The van der Waals surface area contributed by atoms with Gasteiger partial charge in [-0.05, 0) is 25.0 Å². The zero-order valence-electron chi connectivity index (χ0n) is 10.1. The molecule has 3 rings (SSSR count). The number of hydrogen-bond donors (Lipinski definition) is 0. The summed E-state index contributed by atoms with van der Waals surface area (Å²) in [4.78, 5) is 7.08. The molecular formula is C15H16N2. The lowest BCUT2D eigenvalue weighted by Crippen LogP contribution is -2.25. The predicted molar refractivity (Wildman–Crippen MR) is 71.3 cm³/mol. The Labute approximate surface area is 102 Å². The summed E-state index contributed by atoms with van der Waals surface area (Å²) in [6, 6.07) is 14.7. The van der Waals surface area contributed by atoms with Gasteiger partial charge in [-0.1, -0.05) is 30.3 Å². The first-order valence-corrected chi connectivity index (χ1v) is 6.11. The van der Waals surface area contributed by atoms with Crippen molar-refractivity contribution in [3.05, 3.63) is 48.2 Å². The van der Waals surface area contributed by atoms with E-state index in [1.165, 1.54) is 23.4 Å². The predicted octanol–water partition coefficient (Wildman–Crippen LogP) is 3.13. The van der Waals surface area contributed by atoms with Crippen molar-refractivity contribution in [1.29, 1.82) is 0 Å². The number of anilines is 1. The third kappa shape index (κ3) is 1.91. The third-order valence-electron chi connectivity index (χ3n) is 3.34. The molecule has 86 valence electrons. The SMILES string of the molecule is CN1CCCc2nc(-c3ccccc3)ccc21. The summed E-state index contributed by atoms with van der Waals surface area (Å²) in [5, 5.41) is 0. The summed E-state index contributed by atoms with van der Waals surface area (Å²) < 4.78 is 0. The molecule has 2 heterocycles. The lowest BCUT2D eigenvalue weighted by atomic mass is 10.1. The van der Waals surface area contributed by atoms with Crippen LogP contribution in [0.1, 0.15) is 12.1 Å². The van der Waals surface area contributed by atoms with Gasteiger partial charge in [0.25, 0.3) is 0 Å². The van der Waals surface area contributed by atoms with Gasteiger partial charge in [-0.2, -0.15) is 0 Å². The van der Waals surface area contributed by atoms with Crippen molar-refractivity contribution >= 4 is 5.69 Å². The molecule has 2 heteroatoms. The summed E-state index contributed by atoms with van der Waals surface area (Å²) >= 11 is 0. The average molecular weight is 224 g/mol. The van der Waals surface area contributed by atoms with E-state index in [1.54, 1.807) is 0 Å². The van der Waals surface area contributed by atoms with Gasteiger partial charge in [-0.3, -0.25) is 4.98 Å². The molecule has 0 saturated carbocycles. The van der Waals surface area contributed by atoms with E-state index in [9.17, 15) is 0 Å². The van der Waals surface area contributed by atoms with Crippen LogP contribution in [-0.2, 0) is 6.42 Å². The Hall–Kier alpha value is -1.83. The van der Waals surface area contributed by atoms with Gasteiger partial charge in [0.05, 0.1) is 17.1 Å². The van der Waals surface area contributed by atoms with Gasteiger partial charge in [0.15, 0.2) is 0 Å². The lowest BCUT2D eigenvalue weighted by molar-refractivity contribution is 0.726. The minimum Gasteiger partial charge on any atom is -0.373 e. The quantitative estimate of drug-likeness (QED) is 0.739. The zero-order chi connectivity index (χ0) is 11.7. The maximum Gasteiger partial charge on any atom is 0.0706 e. The van der Waals surface area contributed by atoms with Crippen LogP contribution in [0.2, 0.25) is 0 Å². The number of pyridine rings is 1. The van der Waals surface area contributed by atoms with E-state index in [2.05, 4.69) is 48.3 Å². The molecule has 17 heavy (non-hydrogen) atoms. The van der Waals surface area contributed by atoms with Crippen LogP contribution in [0.3, 0.4) is 0 Å². The van der Waals surface area contributed by atoms with Gasteiger partial charge < -0.3 is 4.90 Å². The first kappa shape index (κ1) is 10.3. The minimum atomic E-state index is 1.08. The number of fused-ring (bicyclic) bond motifs is 1. The fourth-order valence-electron chi connectivity index (χ4n) is 2.40. The van der Waals surface area contributed by atoms with E-state index in [0.717, 1.165) is 18.7 Å². The van der Waals surface area contributed by atoms with Crippen LogP contribution in [0.4, 0.5) is 5.69 Å². The molecule has 0 radical (unpaired) electrons. The first-order valence-electron chi connectivity index (χ1n) is 6.11. The molecule has 0 aliphatic carbocycles. The van der Waals surface area contributed by atoms with E-state index in [4.69, 9.17) is 4.98 Å². The van der Waals surface area contributed by atoms with E-state index < -0.39 is 0 Å². The monoisotopic (exact) mass is 224 g/mol. The van der Waals surface area contributed by atoms with Crippen LogP contribution in [-0.4, -0.2) is 18.6 Å². The molecule has 0 saturated heterocycles. The van der Waals surface area contributed by atoms with Gasteiger partial charge in [-0.25, -0.2) is 0 Å². The van der Waals surface area contributed by atoms with Gasteiger partial charge in [-0.15, -0.1) is 0 Å². The van der Waals surface area contributed by atoms with Crippen molar-refractivity contribution in [2.75, 3.05) is 18.5 Å². The standard InChI is InChI=1S/C15H16N2/c1-17-11-5-8-14-15(17)10-9-13(16-14)12-6-3-2-4-7-12/h2-4,6-7,9-10H,5,8,11H2,1H3. The Morgan fingerprint density at radius 3 is 2.71 bits per heavy atom. The summed E-state index contributed by atoms with van der Waals surface area (Å²) in [5.74, 6) is 0. The van der Waals surface area contributed by atoms with Gasteiger partial charge in [0.2, 0.25) is 0 Å². The number of rotatable bonds is 1. The summed E-state index contributed by atoms with van der Waals surface area (Å²) in [5.41, 5.74) is 4.80. The molecule has 0 atom stereocenters. The number of nitrogens with zero attached hydrogens (tertiary/aromatic N) is 2. The van der Waals surface area contributed by atoms with Crippen LogP contribution >= 0.6 is 0 Å². The fraction of sp³-hybridized carbons (Fsp3) is 0.267. The molecule has 1 aromatic carbocycles.